The predicted octanol–water partition coefficient (Wildman–Crippen LogP) is 2.48. The first-order valence-corrected chi connectivity index (χ1v) is 8.42. The molecular weight excluding hydrogens is 264 g/mol. The molecule has 1 rings (SSSR count). The Balaban J connectivity index is 2.56. The lowest BCUT2D eigenvalue weighted by atomic mass is 10.1. The first-order valence-electron chi connectivity index (χ1n) is 6.36. The quantitative estimate of drug-likeness (QED) is 0.688. The molecule has 0 saturated carbocycles. The topological polar surface area (TPSA) is 60.4 Å². The third-order valence-electron chi connectivity index (χ3n) is 2.55. The van der Waals surface area contributed by atoms with Gasteiger partial charge in [0, 0.05) is 18.2 Å². The van der Waals surface area contributed by atoms with Crippen LogP contribution >= 0.6 is 0 Å². The van der Waals surface area contributed by atoms with Crippen molar-refractivity contribution in [3.8, 4) is 5.75 Å². The summed E-state index contributed by atoms with van der Waals surface area (Å²) in [4.78, 5) is 11.9. The molecule has 4 nitrogen and oxygen atoms in total. The van der Waals surface area contributed by atoms with Crippen LogP contribution in [0.2, 0.25) is 0 Å². The van der Waals surface area contributed by atoms with E-state index in [1.807, 2.05) is 13.0 Å². The normalized spacial score (nSPS) is 11.3. The van der Waals surface area contributed by atoms with Gasteiger partial charge in [0.15, 0.2) is 5.78 Å². The van der Waals surface area contributed by atoms with Crippen molar-refractivity contribution in [2.45, 2.75) is 26.2 Å². The van der Waals surface area contributed by atoms with Gasteiger partial charge in [-0.05, 0) is 25.0 Å². The van der Waals surface area contributed by atoms with Crippen LogP contribution in [0.4, 0.5) is 0 Å². The summed E-state index contributed by atoms with van der Waals surface area (Å²) in [5.74, 6) is 0.673. The molecule has 0 fully saturated rings. The summed E-state index contributed by atoms with van der Waals surface area (Å²) in [6, 6.07) is 7.01. The predicted molar refractivity (Wildman–Crippen MR) is 75.5 cm³/mol. The summed E-state index contributed by atoms with van der Waals surface area (Å²) in [6.07, 6.45) is 2.69. The lowest BCUT2D eigenvalue weighted by Gasteiger charge is -2.06. The third kappa shape index (κ3) is 6.38. The van der Waals surface area contributed by atoms with Gasteiger partial charge in [-0.2, -0.15) is 0 Å². The summed E-state index contributed by atoms with van der Waals surface area (Å²) >= 11 is 0. The molecule has 0 aliphatic rings. The summed E-state index contributed by atoms with van der Waals surface area (Å²) in [5.41, 5.74) is 0.571. The van der Waals surface area contributed by atoms with Gasteiger partial charge >= 0.3 is 0 Å². The maximum atomic E-state index is 11.9. The molecule has 0 spiro atoms. The molecular formula is C14H20O4S. The first kappa shape index (κ1) is 15.7. The van der Waals surface area contributed by atoms with Crippen molar-refractivity contribution in [1.29, 1.82) is 0 Å². The van der Waals surface area contributed by atoms with Gasteiger partial charge in [-0.3, -0.25) is 4.79 Å². The number of hydrogen-bond acceptors (Lipinski definition) is 4. The largest absolute Gasteiger partial charge is 0.494 e. The standard InChI is InChI=1S/C14H20O4S/c1-3-9-18-13-7-4-6-12(11-13)14(15)8-5-10-19(2,16)17/h4,6-7,11H,3,5,8-10H2,1-2H3. The molecule has 0 unspecified atom stereocenters. The van der Waals surface area contributed by atoms with Gasteiger partial charge in [0.2, 0.25) is 0 Å². The van der Waals surface area contributed by atoms with E-state index >= 15 is 0 Å². The van der Waals surface area contributed by atoms with Gasteiger partial charge in [-0.15, -0.1) is 0 Å². The summed E-state index contributed by atoms with van der Waals surface area (Å²) in [5, 5.41) is 0. The zero-order valence-electron chi connectivity index (χ0n) is 11.4. The highest BCUT2D eigenvalue weighted by molar-refractivity contribution is 7.90. The van der Waals surface area contributed by atoms with Crippen molar-refractivity contribution in [2.24, 2.45) is 0 Å². The number of benzene rings is 1. The molecule has 0 atom stereocenters. The molecule has 19 heavy (non-hydrogen) atoms. The van der Waals surface area contributed by atoms with Crippen LogP contribution in [0.5, 0.6) is 5.75 Å². The van der Waals surface area contributed by atoms with E-state index in [1.54, 1.807) is 18.2 Å². The smallest absolute Gasteiger partial charge is 0.163 e. The molecule has 106 valence electrons. The van der Waals surface area contributed by atoms with E-state index in [0.717, 1.165) is 6.42 Å². The van der Waals surface area contributed by atoms with E-state index < -0.39 is 9.84 Å². The third-order valence-corrected chi connectivity index (χ3v) is 3.58. The fourth-order valence-electron chi connectivity index (χ4n) is 1.62. The molecule has 0 bridgehead atoms. The Bertz CT molecular complexity index is 520. The Morgan fingerprint density at radius 2 is 2.05 bits per heavy atom. The van der Waals surface area contributed by atoms with E-state index in [9.17, 15) is 13.2 Å². The van der Waals surface area contributed by atoms with Crippen LogP contribution in [0.1, 0.15) is 36.5 Å². The molecule has 0 amide bonds. The van der Waals surface area contributed by atoms with E-state index in [1.165, 1.54) is 6.26 Å². The number of Topliss-reactive ketones (excluding diaryl/α,β-unsaturated/α-hetero) is 1. The Hall–Kier alpha value is -1.36. The van der Waals surface area contributed by atoms with E-state index in [0.29, 0.717) is 24.3 Å². The summed E-state index contributed by atoms with van der Waals surface area (Å²) < 4.78 is 27.4. The lowest BCUT2D eigenvalue weighted by molar-refractivity contribution is 0.0981. The second-order valence-corrected chi connectivity index (χ2v) is 6.79. The molecule has 0 aliphatic heterocycles. The number of hydrogen-bond donors (Lipinski definition) is 0. The van der Waals surface area contributed by atoms with Gasteiger partial charge in [-0.1, -0.05) is 19.1 Å². The average molecular weight is 284 g/mol. The number of carbonyl (C=O) groups is 1. The minimum Gasteiger partial charge on any atom is -0.494 e. The number of ether oxygens (including phenoxy) is 1. The maximum absolute atomic E-state index is 11.9. The zero-order valence-corrected chi connectivity index (χ0v) is 12.2. The number of sulfone groups is 1. The van der Waals surface area contributed by atoms with E-state index in [-0.39, 0.29) is 18.0 Å². The van der Waals surface area contributed by atoms with Gasteiger partial charge in [-0.25, -0.2) is 8.42 Å². The van der Waals surface area contributed by atoms with Crippen molar-refractivity contribution in [1.82, 2.24) is 0 Å². The van der Waals surface area contributed by atoms with Crippen LogP contribution in [0.25, 0.3) is 0 Å². The Morgan fingerprint density at radius 3 is 2.68 bits per heavy atom. The summed E-state index contributed by atoms with van der Waals surface area (Å²) in [6.45, 7) is 2.63. The van der Waals surface area contributed by atoms with Crippen molar-refractivity contribution >= 4 is 15.6 Å². The Morgan fingerprint density at radius 1 is 1.32 bits per heavy atom. The van der Waals surface area contributed by atoms with Crippen LogP contribution < -0.4 is 4.74 Å². The fourth-order valence-corrected chi connectivity index (χ4v) is 2.29. The minimum atomic E-state index is -3.00. The van der Waals surface area contributed by atoms with Crippen molar-refractivity contribution < 1.29 is 17.9 Å². The van der Waals surface area contributed by atoms with Crippen LogP contribution in [0.3, 0.4) is 0 Å². The molecule has 0 N–H and O–H groups in total. The van der Waals surface area contributed by atoms with Gasteiger partial charge in [0.05, 0.1) is 12.4 Å². The van der Waals surface area contributed by atoms with Crippen LogP contribution in [-0.2, 0) is 9.84 Å². The number of carbonyl (C=O) groups excluding carboxylic acids is 1. The van der Waals surface area contributed by atoms with Gasteiger partial charge in [0.1, 0.15) is 15.6 Å². The number of rotatable bonds is 8. The Kier molecular flexibility index (Phi) is 6.02. The van der Waals surface area contributed by atoms with Gasteiger partial charge in [0.25, 0.3) is 0 Å². The minimum absolute atomic E-state index is 0.0464. The average Bonchev–Trinajstić information content (AvgIpc) is 2.35. The summed E-state index contributed by atoms with van der Waals surface area (Å²) in [7, 11) is -3.00. The highest BCUT2D eigenvalue weighted by Crippen LogP contribution is 2.15. The van der Waals surface area contributed by atoms with Crippen LogP contribution in [0.15, 0.2) is 24.3 Å². The second kappa shape index (κ2) is 7.28. The molecule has 0 aromatic heterocycles. The molecule has 1 aromatic rings. The molecule has 0 saturated heterocycles. The van der Waals surface area contributed by atoms with E-state index in [2.05, 4.69) is 0 Å². The Labute approximate surface area is 114 Å². The maximum Gasteiger partial charge on any atom is 0.163 e. The van der Waals surface area contributed by atoms with Crippen molar-refractivity contribution in [2.75, 3.05) is 18.6 Å². The van der Waals surface area contributed by atoms with Crippen molar-refractivity contribution in [3.63, 3.8) is 0 Å². The molecule has 0 radical (unpaired) electrons. The van der Waals surface area contributed by atoms with Crippen molar-refractivity contribution in [3.05, 3.63) is 29.8 Å². The first-order chi connectivity index (χ1) is 8.92. The molecule has 1 aromatic carbocycles. The molecule has 0 aliphatic carbocycles. The highest BCUT2D eigenvalue weighted by Gasteiger charge is 2.09. The highest BCUT2D eigenvalue weighted by atomic mass is 32.2. The molecule has 5 heteroatoms. The lowest BCUT2D eigenvalue weighted by Crippen LogP contribution is -2.07. The fraction of sp³-hybridized carbons (Fsp3) is 0.500. The monoisotopic (exact) mass is 284 g/mol. The SMILES string of the molecule is CCCOc1cccc(C(=O)CCCS(C)(=O)=O)c1. The zero-order chi connectivity index (χ0) is 14.3. The van der Waals surface area contributed by atoms with Crippen LogP contribution in [-0.4, -0.2) is 32.8 Å². The second-order valence-electron chi connectivity index (χ2n) is 4.53. The van der Waals surface area contributed by atoms with Crippen LogP contribution in [0, 0.1) is 0 Å². The number of ketones is 1. The van der Waals surface area contributed by atoms with Gasteiger partial charge < -0.3 is 4.74 Å². The van der Waals surface area contributed by atoms with E-state index in [4.69, 9.17) is 4.74 Å². The molecule has 0 heterocycles.